The maximum absolute atomic E-state index is 10.7. The van der Waals surface area contributed by atoms with Crippen molar-refractivity contribution < 1.29 is 25.1 Å². The van der Waals surface area contributed by atoms with Crippen molar-refractivity contribution >= 4 is 0 Å². The van der Waals surface area contributed by atoms with Gasteiger partial charge in [-0.05, 0) is 85.7 Å². The summed E-state index contributed by atoms with van der Waals surface area (Å²) in [6, 6.07) is 0. The summed E-state index contributed by atoms with van der Waals surface area (Å²) in [4.78, 5) is 11.1. The van der Waals surface area contributed by atoms with Crippen LogP contribution in [-0.4, -0.2) is 39.4 Å². The van der Waals surface area contributed by atoms with Crippen LogP contribution in [0.1, 0.15) is 71.6 Å². The summed E-state index contributed by atoms with van der Waals surface area (Å²) in [6.45, 7) is 8.76. The van der Waals surface area contributed by atoms with Crippen LogP contribution >= 0.6 is 0 Å². The fraction of sp³-hybridized carbons (Fsp3) is 0.741. The van der Waals surface area contributed by atoms with E-state index in [1.54, 1.807) is 0 Å². The zero-order chi connectivity index (χ0) is 22.7. The summed E-state index contributed by atoms with van der Waals surface area (Å²) in [7, 11) is 0. The average Bonchev–Trinajstić information content (AvgIpc) is 3.45. The summed E-state index contributed by atoms with van der Waals surface area (Å²) in [5.41, 5.74) is 3.43. The molecule has 0 amide bonds. The van der Waals surface area contributed by atoms with Crippen LogP contribution in [0, 0.1) is 35.5 Å². The Morgan fingerprint density at radius 1 is 1.19 bits per heavy atom. The van der Waals surface area contributed by atoms with Crippen molar-refractivity contribution in [2.45, 2.75) is 95.7 Å². The van der Waals surface area contributed by atoms with Gasteiger partial charge >= 0.3 is 0 Å². The summed E-state index contributed by atoms with van der Waals surface area (Å²) in [5.74, 6) is 0.342. The van der Waals surface area contributed by atoms with Crippen LogP contribution in [0.25, 0.3) is 0 Å². The largest absolute Gasteiger partial charge is 0.393 e. The van der Waals surface area contributed by atoms with Crippen LogP contribution in [0.15, 0.2) is 35.5 Å². The molecule has 3 unspecified atom stereocenters. The molecule has 5 fully saturated rings. The van der Waals surface area contributed by atoms with Gasteiger partial charge in [-0.2, -0.15) is 0 Å². The van der Waals surface area contributed by atoms with Crippen molar-refractivity contribution in [2.75, 3.05) is 0 Å². The van der Waals surface area contributed by atoms with Gasteiger partial charge in [-0.15, -0.1) is 0 Å². The van der Waals surface area contributed by atoms with Crippen LogP contribution in [0.3, 0.4) is 0 Å². The second-order valence-electron chi connectivity index (χ2n) is 11.4. The molecule has 4 saturated carbocycles. The minimum absolute atomic E-state index is 0.161. The van der Waals surface area contributed by atoms with E-state index >= 15 is 0 Å². The van der Waals surface area contributed by atoms with E-state index < -0.39 is 18.0 Å². The summed E-state index contributed by atoms with van der Waals surface area (Å²) in [6.07, 6.45) is 13.8. The van der Waals surface area contributed by atoms with Gasteiger partial charge in [0, 0.05) is 12.3 Å². The molecule has 5 aliphatic rings. The van der Waals surface area contributed by atoms with Crippen molar-refractivity contribution in [3.05, 3.63) is 41.9 Å². The molecule has 0 aromatic carbocycles. The molecule has 4 aliphatic carbocycles. The van der Waals surface area contributed by atoms with Gasteiger partial charge in [-0.1, -0.05) is 38.2 Å². The first kappa shape index (κ1) is 22.8. The molecule has 1 heterocycles. The molecule has 1 aliphatic heterocycles. The molecule has 5 rings (SSSR count). The molecular weight excluding hydrogens is 404 g/mol. The second kappa shape index (κ2) is 8.35. The molecule has 5 nitrogen and oxygen atoms in total. The van der Waals surface area contributed by atoms with E-state index in [1.807, 2.05) is 6.42 Å². The fourth-order valence-corrected chi connectivity index (χ4v) is 7.20. The molecule has 0 aromatic rings. The second-order valence-corrected chi connectivity index (χ2v) is 11.4. The molecule has 32 heavy (non-hydrogen) atoms. The molecule has 5 heteroatoms. The van der Waals surface area contributed by atoms with Gasteiger partial charge in [0.2, 0.25) is 5.79 Å². The Morgan fingerprint density at radius 2 is 1.97 bits per heavy atom. The van der Waals surface area contributed by atoms with Crippen molar-refractivity contribution in [1.29, 1.82) is 0 Å². The SMILES string of the molecule is C=C1/C(=C\C=C2/CCC[C@@]3(C)C2CC[C@@H]3[C@H](C)C2[CH]C(O)(C3CC3)OO2)C[C@@H](O)C[C@@H]1O. The van der Waals surface area contributed by atoms with E-state index in [4.69, 9.17) is 9.78 Å². The van der Waals surface area contributed by atoms with Crippen molar-refractivity contribution in [3.8, 4) is 0 Å². The molecule has 1 saturated heterocycles. The van der Waals surface area contributed by atoms with Gasteiger partial charge in [0.1, 0.15) is 6.10 Å². The molecule has 0 bridgehead atoms. The minimum Gasteiger partial charge on any atom is -0.393 e. The number of hydrogen-bond donors (Lipinski definition) is 3. The predicted molar refractivity (Wildman–Crippen MR) is 122 cm³/mol. The molecule has 0 aromatic heterocycles. The van der Waals surface area contributed by atoms with Gasteiger partial charge in [-0.3, -0.25) is 0 Å². The number of allylic oxidation sites excluding steroid dienone is 3. The molecule has 0 spiro atoms. The lowest BCUT2D eigenvalue weighted by Gasteiger charge is -2.45. The highest BCUT2D eigenvalue weighted by atomic mass is 17.2. The topological polar surface area (TPSA) is 79.2 Å². The van der Waals surface area contributed by atoms with Gasteiger partial charge in [0.05, 0.1) is 18.6 Å². The first-order chi connectivity index (χ1) is 15.2. The highest BCUT2D eigenvalue weighted by molar-refractivity contribution is 5.38. The van der Waals surface area contributed by atoms with E-state index in [9.17, 15) is 15.3 Å². The monoisotopic (exact) mass is 443 g/mol. The first-order valence-electron chi connectivity index (χ1n) is 12.6. The summed E-state index contributed by atoms with van der Waals surface area (Å²) < 4.78 is 0. The number of hydrogen-bond acceptors (Lipinski definition) is 5. The van der Waals surface area contributed by atoms with E-state index in [0.717, 1.165) is 36.8 Å². The molecule has 8 atom stereocenters. The Bertz CT molecular complexity index is 813. The third kappa shape index (κ3) is 3.94. The Hall–Kier alpha value is -0.980. The van der Waals surface area contributed by atoms with Gasteiger partial charge in [-0.25, -0.2) is 9.78 Å². The number of aliphatic hydroxyl groups excluding tert-OH is 2. The van der Waals surface area contributed by atoms with E-state index in [1.165, 1.54) is 24.8 Å². The zero-order valence-corrected chi connectivity index (χ0v) is 19.5. The van der Waals surface area contributed by atoms with E-state index in [2.05, 4.69) is 32.6 Å². The normalized spacial score (nSPS) is 48.4. The molecule has 3 N–H and O–H groups in total. The lowest BCUT2D eigenvalue weighted by atomic mass is 9.60. The molecule has 177 valence electrons. The fourth-order valence-electron chi connectivity index (χ4n) is 7.20. The Morgan fingerprint density at radius 3 is 2.72 bits per heavy atom. The number of aliphatic hydroxyl groups is 3. The Kier molecular flexibility index (Phi) is 5.95. The lowest BCUT2D eigenvalue weighted by Crippen LogP contribution is -2.40. The third-order valence-corrected chi connectivity index (χ3v) is 9.31. The van der Waals surface area contributed by atoms with E-state index in [0.29, 0.717) is 30.6 Å². The first-order valence-corrected chi connectivity index (χ1v) is 12.6. The standard InChI is InChI=1S/C27H39O5/c1-16-19(13-21(28)14-24(16)29)7-6-18-5-4-12-26(3)22(10-11-23(18)26)17(2)25-15-27(30,32-31-25)20-8-9-20/h6-7,15,17,20-25,28-30H,1,4-5,8-14H2,2-3H3/b18-6+,19-7-/t17-,21+,22+,23?,24-,25?,26+,27?/m0/s1. The molecule has 1 radical (unpaired) electrons. The van der Waals surface area contributed by atoms with Crippen LogP contribution in [0.2, 0.25) is 0 Å². The smallest absolute Gasteiger partial charge is 0.208 e. The highest BCUT2D eigenvalue weighted by Crippen LogP contribution is 2.61. The summed E-state index contributed by atoms with van der Waals surface area (Å²) >= 11 is 0. The number of fused-ring (bicyclic) bond motifs is 1. The number of rotatable bonds is 4. The average molecular weight is 444 g/mol. The van der Waals surface area contributed by atoms with Crippen LogP contribution in [0.4, 0.5) is 0 Å². The molecular formula is C27H39O5. The van der Waals surface area contributed by atoms with Crippen molar-refractivity contribution in [3.63, 3.8) is 0 Å². The van der Waals surface area contributed by atoms with Gasteiger partial charge < -0.3 is 15.3 Å². The lowest BCUT2D eigenvalue weighted by molar-refractivity contribution is -0.386. The van der Waals surface area contributed by atoms with Crippen LogP contribution in [0.5, 0.6) is 0 Å². The van der Waals surface area contributed by atoms with Crippen LogP contribution in [-0.2, 0) is 9.78 Å². The van der Waals surface area contributed by atoms with Crippen molar-refractivity contribution in [1.82, 2.24) is 0 Å². The zero-order valence-electron chi connectivity index (χ0n) is 19.5. The Balaban J connectivity index is 1.31. The van der Waals surface area contributed by atoms with Crippen LogP contribution < -0.4 is 0 Å². The van der Waals surface area contributed by atoms with Gasteiger partial charge in [0.25, 0.3) is 0 Å². The van der Waals surface area contributed by atoms with Gasteiger partial charge in [0.15, 0.2) is 0 Å². The quantitative estimate of drug-likeness (QED) is 0.562. The van der Waals surface area contributed by atoms with Crippen molar-refractivity contribution in [2.24, 2.45) is 29.1 Å². The third-order valence-electron chi connectivity index (χ3n) is 9.31. The summed E-state index contributed by atoms with van der Waals surface area (Å²) in [5, 5.41) is 30.9. The maximum atomic E-state index is 10.7. The Labute approximate surface area is 192 Å². The minimum atomic E-state index is -1.20. The predicted octanol–water partition coefficient (Wildman–Crippen LogP) is 4.40. The maximum Gasteiger partial charge on any atom is 0.208 e. The van der Waals surface area contributed by atoms with E-state index in [-0.39, 0.29) is 17.4 Å². The highest BCUT2D eigenvalue weighted by Gasteiger charge is 2.57.